The number of aromatic nitrogens is 2. The second-order valence-corrected chi connectivity index (χ2v) is 11.3. The molecule has 0 amide bonds. The molecule has 1 aromatic heterocycles. The highest BCUT2D eigenvalue weighted by Gasteiger charge is 2.23. The molecule has 0 atom stereocenters. The molecule has 190 valence electrons. The van der Waals surface area contributed by atoms with Crippen molar-refractivity contribution in [3.63, 3.8) is 0 Å². The van der Waals surface area contributed by atoms with E-state index in [9.17, 15) is 8.42 Å². The van der Waals surface area contributed by atoms with E-state index in [0.29, 0.717) is 11.5 Å². The molecule has 2 aromatic carbocycles. The van der Waals surface area contributed by atoms with Crippen molar-refractivity contribution >= 4 is 50.3 Å². The minimum Gasteiger partial charge on any atom is -0.481 e. The van der Waals surface area contributed by atoms with Gasteiger partial charge in [0.1, 0.15) is 23.1 Å². The first-order valence-corrected chi connectivity index (χ1v) is 14.5. The number of ether oxygens (including phenoxy) is 1. The van der Waals surface area contributed by atoms with Crippen LogP contribution in [-0.2, 0) is 14.6 Å². The van der Waals surface area contributed by atoms with Crippen molar-refractivity contribution in [2.24, 2.45) is 0 Å². The first-order chi connectivity index (χ1) is 17.0. The molecule has 0 saturated carbocycles. The lowest BCUT2D eigenvalue weighted by atomic mass is 10.0. The van der Waals surface area contributed by atoms with Gasteiger partial charge < -0.3 is 14.5 Å². The number of halogens is 1. The molecule has 0 spiro atoms. The maximum Gasteiger partial charge on any atom is 0.266 e. The van der Waals surface area contributed by atoms with Gasteiger partial charge in [0.15, 0.2) is 9.84 Å². The van der Waals surface area contributed by atoms with E-state index in [0.717, 1.165) is 17.5 Å². The van der Waals surface area contributed by atoms with Gasteiger partial charge in [-0.2, -0.15) is 0 Å². The van der Waals surface area contributed by atoms with Crippen molar-refractivity contribution in [2.45, 2.75) is 24.7 Å². The number of rotatable bonds is 11. The number of sulfone groups is 1. The summed E-state index contributed by atoms with van der Waals surface area (Å²) in [5.41, 5.74) is 2.25. The van der Waals surface area contributed by atoms with E-state index < -0.39 is 9.84 Å². The van der Waals surface area contributed by atoms with Gasteiger partial charge in [0, 0.05) is 17.5 Å². The normalized spacial score (nSPS) is 12.3. The van der Waals surface area contributed by atoms with Crippen molar-refractivity contribution in [3.05, 3.63) is 77.4 Å². The molecule has 8 nitrogen and oxygen atoms in total. The Labute approximate surface area is 220 Å². The SMILES string of the molecule is C=C(OCSC)C(=N)/C(Cl)=C(\Nc1ccccc1C(C)C)c1nnc(-c2cccc(S(C)(=O)=O)c2)o1. The molecule has 0 aliphatic rings. The molecule has 3 rings (SSSR count). The third-order valence-electron chi connectivity index (χ3n) is 5.06. The van der Waals surface area contributed by atoms with Gasteiger partial charge in [-0.15, -0.1) is 22.0 Å². The van der Waals surface area contributed by atoms with Crippen molar-refractivity contribution in [1.82, 2.24) is 10.2 Å². The minimum atomic E-state index is -3.42. The van der Waals surface area contributed by atoms with Crippen LogP contribution in [0.1, 0.15) is 31.2 Å². The van der Waals surface area contributed by atoms with Gasteiger partial charge in [0.25, 0.3) is 5.89 Å². The number of hydrogen-bond donors (Lipinski definition) is 2. The third kappa shape index (κ3) is 6.57. The monoisotopic (exact) mass is 546 g/mol. The summed E-state index contributed by atoms with van der Waals surface area (Å²) in [6.45, 7) is 7.92. The number of thioether (sulfide) groups is 1. The molecule has 0 bridgehead atoms. The van der Waals surface area contributed by atoms with E-state index in [1.165, 1.54) is 23.9 Å². The molecule has 36 heavy (non-hydrogen) atoms. The topological polar surface area (TPSA) is 118 Å². The van der Waals surface area contributed by atoms with Gasteiger partial charge in [0.05, 0.1) is 9.93 Å². The van der Waals surface area contributed by atoms with E-state index >= 15 is 0 Å². The molecule has 0 saturated heterocycles. The summed E-state index contributed by atoms with van der Waals surface area (Å²) in [4.78, 5) is 0.126. The van der Waals surface area contributed by atoms with Crippen LogP contribution in [0.5, 0.6) is 0 Å². The maximum atomic E-state index is 12.0. The van der Waals surface area contributed by atoms with Crippen molar-refractivity contribution in [2.75, 3.05) is 23.8 Å². The first kappa shape index (κ1) is 27.5. The molecule has 0 fully saturated rings. The van der Waals surface area contributed by atoms with E-state index in [1.54, 1.807) is 12.1 Å². The molecular formula is C25H27ClN4O4S2. The van der Waals surface area contributed by atoms with E-state index in [2.05, 4.69) is 35.9 Å². The standard InChI is InChI=1S/C25H27ClN4O4S2/c1-15(2)19-11-6-7-12-20(19)28-23(21(26)22(27)16(3)33-14-35-4)25-30-29-24(34-25)17-9-8-10-18(13-17)36(5,31)32/h6-13,15,27-28H,3,14H2,1-2,4-5H3/b23-21+,27-22?. The molecule has 2 N–H and O–H groups in total. The van der Waals surface area contributed by atoms with Crippen LogP contribution in [0, 0.1) is 5.41 Å². The molecule has 0 aliphatic heterocycles. The Balaban J connectivity index is 2.09. The number of allylic oxidation sites excluding steroid dienone is 1. The van der Waals surface area contributed by atoms with Gasteiger partial charge in [-0.25, -0.2) is 8.42 Å². The number of nitrogens with one attached hydrogen (secondary N) is 2. The Kier molecular flexibility index (Phi) is 8.99. The van der Waals surface area contributed by atoms with Crippen LogP contribution in [-0.4, -0.2) is 42.8 Å². The van der Waals surface area contributed by atoms with Crippen molar-refractivity contribution in [1.29, 1.82) is 5.41 Å². The predicted octanol–water partition coefficient (Wildman–Crippen LogP) is 6.15. The fourth-order valence-corrected chi connectivity index (χ4v) is 4.36. The summed E-state index contributed by atoms with van der Waals surface area (Å²) in [7, 11) is -3.42. The molecular weight excluding hydrogens is 520 g/mol. The van der Waals surface area contributed by atoms with Crippen LogP contribution in [0.25, 0.3) is 17.2 Å². The lowest BCUT2D eigenvalue weighted by Gasteiger charge is -2.17. The lowest BCUT2D eigenvalue weighted by molar-refractivity contribution is 0.297. The highest BCUT2D eigenvalue weighted by molar-refractivity contribution is 7.98. The summed E-state index contributed by atoms with van der Waals surface area (Å²) < 4.78 is 35.3. The minimum absolute atomic E-state index is 0.0146. The van der Waals surface area contributed by atoms with Crippen LogP contribution in [0.3, 0.4) is 0 Å². The lowest BCUT2D eigenvalue weighted by Crippen LogP contribution is -2.11. The van der Waals surface area contributed by atoms with Crippen molar-refractivity contribution in [3.8, 4) is 11.5 Å². The van der Waals surface area contributed by atoms with Gasteiger partial charge in [-0.05, 0) is 42.0 Å². The van der Waals surface area contributed by atoms with Crippen LogP contribution in [0.2, 0.25) is 0 Å². The highest BCUT2D eigenvalue weighted by atomic mass is 35.5. The zero-order valence-electron chi connectivity index (χ0n) is 20.3. The molecule has 0 radical (unpaired) electrons. The fraction of sp³-hybridized carbons (Fsp3) is 0.240. The molecule has 1 heterocycles. The summed E-state index contributed by atoms with van der Waals surface area (Å²) in [5.74, 6) is 0.712. The van der Waals surface area contributed by atoms with Gasteiger partial charge >= 0.3 is 0 Å². The Bertz CT molecular complexity index is 1410. The van der Waals surface area contributed by atoms with E-state index in [4.69, 9.17) is 26.2 Å². The summed E-state index contributed by atoms with van der Waals surface area (Å²) >= 11 is 8.10. The summed E-state index contributed by atoms with van der Waals surface area (Å²) in [6, 6.07) is 13.9. The van der Waals surface area contributed by atoms with Crippen LogP contribution >= 0.6 is 23.4 Å². The number of benzene rings is 2. The zero-order valence-corrected chi connectivity index (χ0v) is 22.7. The van der Waals surface area contributed by atoms with E-state index in [-0.39, 0.29) is 44.8 Å². The molecule has 0 aliphatic carbocycles. The number of hydrogen-bond acceptors (Lipinski definition) is 9. The molecule has 3 aromatic rings. The number of anilines is 1. The van der Waals surface area contributed by atoms with Crippen LogP contribution in [0.4, 0.5) is 5.69 Å². The smallest absolute Gasteiger partial charge is 0.266 e. The fourth-order valence-electron chi connectivity index (χ4n) is 3.20. The second-order valence-electron chi connectivity index (χ2n) is 8.12. The average molecular weight is 547 g/mol. The Hall–Kier alpha value is -3.08. The van der Waals surface area contributed by atoms with Gasteiger partial charge in [0.2, 0.25) is 5.89 Å². The number of para-hydroxylation sites is 1. The Morgan fingerprint density at radius 1 is 1.22 bits per heavy atom. The predicted molar refractivity (Wildman–Crippen MR) is 146 cm³/mol. The quantitative estimate of drug-likeness (QED) is 0.167. The first-order valence-electron chi connectivity index (χ1n) is 10.8. The average Bonchev–Trinajstić information content (AvgIpc) is 3.34. The summed E-state index contributed by atoms with van der Waals surface area (Å²) in [5, 5.41) is 20.0. The van der Waals surface area contributed by atoms with Crippen LogP contribution < -0.4 is 5.32 Å². The van der Waals surface area contributed by atoms with E-state index in [1.807, 2.05) is 30.5 Å². The number of nitrogens with zero attached hydrogens (tertiary/aromatic N) is 2. The van der Waals surface area contributed by atoms with Crippen LogP contribution in [0.15, 0.2) is 75.2 Å². The molecule has 11 heteroatoms. The second kappa shape index (κ2) is 11.8. The zero-order chi connectivity index (χ0) is 26.5. The largest absolute Gasteiger partial charge is 0.481 e. The molecule has 0 unspecified atom stereocenters. The van der Waals surface area contributed by atoms with Gasteiger partial charge in [-0.1, -0.05) is 56.3 Å². The van der Waals surface area contributed by atoms with Crippen molar-refractivity contribution < 1.29 is 17.6 Å². The summed E-state index contributed by atoms with van der Waals surface area (Å²) in [6.07, 6.45) is 2.99. The Morgan fingerprint density at radius 3 is 2.61 bits per heavy atom. The highest BCUT2D eigenvalue weighted by Crippen LogP contribution is 2.32. The third-order valence-corrected chi connectivity index (χ3v) is 6.90. The Morgan fingerprint density at radius 2 is 1.94 bits per heavy atom. The van der Waals surface area contributed by atoms with Gasteiger partial charge in [-0.3, -0.25) is 5.41 Å². The maximum absolute atomic E-state index is 12.0.